The molecule has 1 aromatic carbocycles. The molecule has 226 valence electrons. The zero-order valence-electron chi connectivity index (χ0n) is 27.0. The Bertz CT molecular complexity index is 694. The zero-order valence-corrected chi connectivity index (χ0v) is 27.0. The van der Waals surface area contributed by atoms with Crippen molar-refractivity contribution in [3.05, 3.63) is 35.4 Å². The molecule has 0 aliphatic heterocycles. The molecule has 2 heteroatoms. The van der Waals surface area contributed by atoms with Gasteiger partial charge in [-0.1, -0.05) is 160 Å². The predicted molar refractivity (Wildman–Crippen MR) is 174 cm³/mol. The molecule has 0 radical (unpaired) electrons. The molecule has 0 spiro atoms. The highest BCUT2D eigenvalue weighted by molar-refractivity contribution is 5.96. The number of nitrogens with zero attached hydrogens (tertiary/aromatic N) is 1. The molecule has 0 fully saturated rings. The number of hydrogen-bond acceptors (Lipinski definition) is 1. The Hall–Kier alpha value is -1.15. The van der Waals surface area contributed by atoms with E-state index in [0.29, 0.717) is 12.2 Å². The number of carbonyl (C=O) groups excluding carboxylic acids is 1. The molecule has 0 N–H and O–H groups in total. The van der Waals surface area contributed by atoms with Crippen LogP contribution in [0.4, 0.5) is 0 Å². The van der Waals surface area contributed by atoms with Gasteiger partial charge in [0, 0.05) is 17.5 Å². The summed E-state index contributed by atoms with van der Waals surface area (Å²) in [6.45, 7) is 6.80. The second-order valence-electron chi connectivity index (χ2n) is 13.1. The lowest BCUT2D eigenvalue weighted by Gasteiger charge is -2.30. The number of quaternary nitrogens is 1. The van der Waals surface area contributed by atoms with E-state index >= 15 is 0 Å². The molecule has 0 heterocycles. The van der Waals surface area contributed by atoms with Crippen LogP contribution in [0, 0.1) is 0 Å². The molecule has 0 amide bonds. The van der Waals surface area contributed by atoms with Crippen molar-refractivity contribution in [3.63, 3.8) is 0 Å². The third kappa shape index (κ3) is 21.3. The van der Waals surface area contributed by atoms with E-state index in [0.717, 1.165) is 23.0 Å². The molecule has 0 bridgehead atoms. The van der Waals surface area contributed by atoms with Gasteiger partial charge in [-0.25, -0.2) is 0 Å². The molecule has 2 nitrogen and oxygen atoms in total. The molecule has 39 heavy (non-hydrogen) atoms. The minimum Gasteiger partial charge on any atom is -0.325 e. The molecule has 0 aliphatic rings. The second kappa shape index (κ2) is 24.6. The average Bonchev–Trinajstić information content (AvgIpc) is 2.92. The first-order valence-corrected chi connectivity index (χ1v) is 17.4. The molecule has 0 unspecified atom stereocenters. The van der Waals surface area contributed by atoms with Crippen molar-refractivity contribution in [2.75, 3.05) is 20.6 Å². The van der Waals surface area contributed by atoms with E-state index in [-0.39, 0.29) is 0 Å². The predicted octanol–water partition coefficient (Wildman–Crippen LogP) is 11.8. The number of ketones is 1. The smallest absolute Gasteiger partial charge is 0.162 e. The Kier molecular flexibility index (Phi) is 22.7. The summed E-state index contributed by atoms with van der Waals surface area (Å²) >= 11 is 0. The maximum Gasteiger partial charge on any atom is 0.162 e. The van der Waals surface area contributed by atoms with Gasteiger partial charge in [-0.3, -0.25) is 4.79 Å². The SMILES string of the molecule is CCCCCCCCCCCCCCCC[N+](C)(C)Cc1cccc(C(=O)CCCCCCCCCCC)c1. The monoisotopic (exact) mass is 543 g/mol. The first kappa shape index (κ1) is 35.9. The summed E-state index contributed by atoms with van der Waals surface area (Å²) in [4.78, 5) is 12.8. The highest BCUT2D eigenvalue weighted by atomic mass is 16.1. The number of Topliss-reactive ketones (excluding diaryl/α,β-unsaturated/α-hetero) is 1. The Balaban J connectivity index is 2.12. The quantitative estimate of drug-likeness (QED) is 0.0584. The van der Waals surface area contributed by atoms with Gasteiger partial charge in [0.15, 0.2) is 5.78 Å². The minimum absolute atomic E-state index is 0.331. The van der Waals surface area contributed by atoms with E-state index in [1.54, 1.807) is 0 Å². The van der Waals surface area contributed by atoms with Crippen LogP contribution in [-0.4, -0.2) is 30.9 Å². The van der Waals surface area contributed by atoms with E-state index in [4.69, 9.17) is 0 Å². The van der Waals surface area contributed by atoms with Crippen LogP contribution in [0.5, 0.6) is 0 Å². The number of carbonyl (C=O) groups is 1. The molecule has 1 aromatic rings. The van der Waals surface area contributed by atoms with E-state index in [1.807, 2.05) is 6.07 Å². The molecule has 0 atom stereocenters. The minimum atomic E-state index is 0.331. The van der Waals surface area contributed by atoms with Gasteiger partial charge in [0.25, 0.3) is 0 Å². The topological polar surface area (TPSA) is 17.1 Å². The van der Waals surface area contributed by atoms with Gasteiger partial charge in [0.1, 0.15) is 6.54 Å². The maximum absolute atomic E-state index is 12.8. The lowest BCUT2D eigenvalue weighted by atomic mass is 10.0. The zero-order chi connectivity index (χ0) is 28.4. The van der Waals surface area contributed by atoms with E-state index in [2.05, 4.69) is 46.1 Å². The van der Waals surface area contributed by atoms with Crippen LogP contribution in [0.3, 0.4) is 0 Å². The standard InChI is InChI=1S/C37H68NO/c1-5-7-9-11-13-15-16-17-18-19-21-23-25-27-32-38(3,4)34-35-29-28-30-36(33-35)37(39)31-26-24-22-20-14-12-10-8-6-2/h28-30,33H,5-27,31-32,34H2,1-4H3/q+1. The van der Waals surface area contributed by atoms with Crippen LogP contribution in [0.15, 0.2) is 24.3 Å². The summed E-state index contributed by atoms with van der Waals surface area (Å²) in [5.41, 5.74) is 2.23. The molecule has 1 rings (SSSR count). The van der Waals surface area contributed by atoms with Gasteiger partial charge < -0.3 is 4.48 Å². The fourth-order valence-electron chi connectivity index (χ4n) is 5.89. The summed E-state index contributed by atoms with van der Waals surface area (Å²) in [5, 5.41) is 0. The van der Waals surface area contributed by atoms with Crippen molar-refractivity contribution in [1.82, 2.24) is 0 Å². The van der Waals surface area contributed by atoms with Gasteiger partial charge in [-0.05, 0) is 25.3 Å². The van der Waals surface area contributed by atoms with Crippen molar-refractivity contribution < 1.29 is 9.28 Å². The van der Waals surface area contributed by atoms with E-state index < -0.39 is 0 Å². The summed E-state index contributed by atoms with van der Waals surface area (Å²) < 4.78 is 1.01. The molecular formula is C37H68NO+. The molecule has 0 saturated carbocycles. The van der Waals surface area contributed by atoms with Crippen LogP contribution < -0.4 is 0 Å². The Morgan fingerprint density at radius 1 is 0.564 bits per heavy atom. The first-order valence-electron chi connectivity index (χ1n) is 17.4. The number of benzene rings is 1. The van der Waals surface area contributed by atoms with Crippen LogP contribution in [-0.2, 0) is 6.54 Å². The largest absolute Gasteiger partial charge is 0.325 e. The average molecular weight is 543 g/mol. The lowest BCUT2D eigenvalue weighted by Crippen LogP contribution is -2.39. The number of hydrogen-bond donors (Lipinski definition) is 0. The van der Waals surface area contributed by atoms with Crippen molar-refractivity contribution in [2.24, 2.45) is 0 Å². The fraction of sp³-hybridized carbons (Fsp3) is 0.811. The maximum atomic E-state index is 12.8. The summed E-state index contributed by atoms with van der Waals surface area (Å²) in [7, 11) is 4.69. The Morgan fingerprint density at radius 2 is 0.974 bits per heavy atom. The lowest BCUT2D eigenvalue weighted by molar-refractivity contribution is -0.903. The van der Waals surface area contributed by atoms with Gasteiger partial charge in [-0.15, -0.1) is 0 Å². The first-order chi connectivity index (χ1) is 19.0. The van der Waals surface area contributed by atoms with Crippen molar-refractivity contribution in [1.29, 1.82) is 0 Å². The summed E-state index contributed by atoms with van der Waals surface area (Å²) in [5.74, 6) is 0.331. The molecule has 0 aliphatic carbocycles. The molecule has 0 aromatic heterocycles. The molecule has 0 saturated heterocycles. The number of rotatable bonds is 28. The summed E-state index contributed by atoms with van der Waals surface area (Å²) in [6.07, 6.45) is 32.2. The van der Waals surface area contributed by atoms with Crippen molar-refractivity contribution >= 4 is 5.78 Å². The van der Waals surface area contributed by atoms with Gasteiger partial charge in [0.05, 0.1) is 20.6 Å². The third-order valence-corrected chi connectivity index (χ3v) is 8.48. The highest BCUT2D eigenvalue weighted by Gasteiger charge is 2.16. The van der Waals surface area contributed by atoms with E-state index in [9.17, 15) is 4.79 Å². The Labute approximate surface area is 245 Å². The normalized spacial score (nSPS) is 11.8. The number of unbranched alkanes of at least 4 members (excludes halogenated alkanes) is 21. The van der Waals surface area contributed by atoms with E-state index in [1.165, 1.54) is 153 Å². The van der Waals surface area contributed by atoms with Crippen LogP contribution >= 0.6 is 0 Å². The van der Waals surface area contributed by atoms with Crippen molar-refractivity contribution in [2.45, 2.75) is 174 Å². The molecular weight excluding hydrogens is 474 g/mol. The van der Waals surface area contributed by atoms with Crippen molar-refractivity contribution in [3.8, 4) is 0 Å². The fourth-order valence-corrected chi connectivity index (χ4v) is 5.89. The van der Waals surface area contributed by atoms with Crippen LogP contribution in [0.25, 0.3) is 0 Å². The van der Waals surface area contributed by atoms with Gasteiger partial charge in [-0.2, -0.15) is 0 Å². The highest BCUT2D eigenvalue weighted by Crippen LogP contribution is 2.18. The summed E-state index contributed by atoms with van der Waals surface area (Å²) in [6, 6.07) is 8.49. The van der Waals surface area contributed by atoms with Crippen LogP contribution in [0.2, 0.25) is 0 Å². The third-order valence-electron chi connectivity index (χ3n) is 8.48. The Morgan fingerprint density at radius 3 is 1.44 bits per heavy atom. The van der Waals surface area contributed by atoms with Crippen LogP contribution in [0.1, 0.15) is 184 Å². The second-order valence-corrected chi connectivity index (χ2v) is 13.1. The van der Waals surface area contributed by atoms with Gasteiger partial charge >= 0.3 is 0 Å². The van der Waals surface area contributed by atoms with Gasteiger partial charge in [0.2, 0.25) is 0 Å².